The van der Waals surface area contributed by atoms with Crippen LogP contribution in [0, 0.1) is 5.92 Å². The van der Waals surface area contributed by atoms with Crippen LogP contribution in [0.3, 0.4) is 0 Å². The highest BCUT2D eigenvalue weighted by atomic mass is 35.5. The molecule has 0 aromatic carbocycles. The van der Waals surface area contributed by atoms with E-state index in [0.717, 1.165) is 19.3 Å². The summed E-state index contributed by atoms with van der Waals surface area (Å²) in [6.45, 7) is 0.626. The number of hydrogen-bond donors (Lipinski definition) is 1. The summed E-state index contributed by atoms with van der Waals surface area (Å²) in [5.74, 6) is 0.564. The Labute approximate surface area is 112 Å². The molecule has 18 heavy (non-hydrogen) atoms. The molecule has 1 aliphatic rings. The van der Waals surface area contributed by atoms with Crippen molar-refractivity contribution in [2.75, 3.05) is 13.6 Å². The van der Waals surface area contributed by atoms with Crippen LogP contribution in [0.2, 0.25) is 5.22 Å². The van der Waals surface area contributed by atoms with E-state index in [-0.39, 0.29) is 17.2 Å². The van der Waals surface area contributed by atoms with Gasteiger partial charge in [-0.15, -0.1) is 0 Å². The third kappa shape index (κ3) is 2.70. The number of furan rings is 1. The summed E-state index contributed by atoms with van der Waals surface area (Å²) >= 11 is 5.69. The lowest BCUT2D eigenvalue weighted by atomic mass is 9.83. The molecule has 0 spiro atoms. The van der Waals surface area contributed by atoms with E-state index in [1.165, 1.54) is 6.42 Å². The van der Waals surface area contributed by atoms with Crippen LogP contribution in [0.1, 0.15) is 36.2 Å². The highest BCUT2D eigenvalue weighted by Crippen LogP contribution is 2.28. The molecule has 0 saturated heterocycles. The summed E-state index contributed by atoms with van der Waals surface area (Å²) in [6.07, 6.45) is 4.46. The van der Waals surface area contributed by atoms with E-state index in [9.17, 15) is 4.79 Å². The van der Waals surface area contributed by atoms with E-state index in [1.54, 1.807) is 17.0 Å². The standard InChI is InChI=1S/C13H19ClN2O2/c1-16(10-5-3-2-4-9(10)8-15)13(17)11-6-7-12(14)18-11/h6-7,9-10H,2-5,8,15H2,1H3. The van der Waals surface area contributed by atoms with Crippen LogP contribution in [-0.4, -0.2) is 30.4 Å². The van der Waals surface area contributed by atoms with Gasteiger partial charge >= 0.3 is 0 Å². The number of carbonyl (C=O) groups is 1. The molecule has 1 saturated carbocycles. The first kappa shape index (κ1) is 13.4. The fourth-order valence-corrected chi connectivity index (χ4v) is 2.87. The van der Waals surface area contributed by atoms with Crippen molar-refractivity contribution in [1.29, 1.82) is 0 Å². The van der Waals surface area contributed by atoms with Crippen molar-refractivity contribution in [1.82, 2.24) is 4.90 Å². The van der Waals surface area contributed by atoms with Gasteiger partial charge in [0.05, 0.1) is 0 Å². The Kier molecular flexibility index (Phi) is 4.30. The molecule has 1 heterocycles. The molecule has 1 aliphatic carbocycles. The normalized spacial score (nSPS) is 23.9. The molecule has 0 radical (unpaired) electrons. The minimum atomic E-state index is -0.118. The van der Waals surface area contributed by atoms with Gasteiger partial charge in [-0.2, -0.15) is 0 Å². The van der Waals surface area contributed by atoms with Gasteiger partial charge in [0.1, 0.15) is 0 Å². The molecule has 100 valence electrons. The number of amides is 1. The molecule has 2 atom stereocenters. The molecule has 0 bridgehead atoms. The van der Waals surface area contributed by atoms with Crippen molar-refractivity contribution >= 4 is 17.5 Å². The molecule has 1 aromatic heterocycles. The first-order valence-corrected chi connectivity index (χ1v) is 6.74. The summed E-state index contributed by atoms with van der Waals surface area (Å²) in [4.78, 5) is 14.0. The van der Waals surface area contributed by atoms with Gasteiger partial charge < -0.3 is 15.1 Å². The van der Waals surface area contributed by atoms with Crippen LogP contribution in [0.25, 0.3) is 0 Å². The van der Waals surface area contributed by atoms with Gasteiger partial charge in [0, 0.05) is 13.1 Å². The summed E-state index contributed by atoms with van der Waals surface area (Å²) < 4.78 is 5.17. The van der Waals surface area contributed by atoms with Crippen LogP contribution in [0.4, 0.5) is 0 Å². The van der Waals surface area contributed by atoms with Crippen molar-refractivity contribution in [2.24, 2.45) is 11.7 Å². The molecule has 2 N–H and O–H groups in total. The quantitative estimate of drug-likeness (QED) is 0.918. The van der Waals surface area contributed by atoms with Crippen LogP contribution < -0.4 is 5.73 Å². The Hall–Kier alpha value is -1.00. The zero-order chi connectivity index (χ0) is 13.1. The maximum absolute atomic E-state index is 12.3. The van der Waals surface area contributed by atoms with Crippen molar-refractivity contribution in [3.63, 3.8) is 0 Å². The Bertz CT molecular complexity index is 419. The van der Waals surface area contributed by atoms with E-state index in [2.05, 4.69) is 0 Å². The number of rotatable bonds is 3. The van der Waals surface area contributed by atoms with E-state index in [0.29, 0.717) is 18.2 Å². The Morgan fingerprint density at radius 1 is 1.50 bits per heavy atom. The molecular formula is C13H19ClN2O2. The lowest BCUT2D eigenvalue weighted by Crippen LogP contribution is -2.45. The fourth-order valence-electron chi connectivity index (χ4n) is 2.73. The largest absolute Gasteiger partial charge is 0.440 e. The van der Waals surface area contributed by atoms with Crippen LogP contribution in [0.5, 0.6) is 0 Å². The van der Waals surface area contributed by atoms with Crippen LogP contribution in [0.15, 0.2) is 16.5 Å². The van der Waals surface area contributed by atoms with Crippen molar-refractivity contribution < 1.29 is 9.21 Å². The number of nitrogens with two attached hydrogens (primary N) is 1. The minimum absolute atomic E-state index is 0.118. The fraction of sp³-hybridized carbons (Fsp3) is 0.615. The van der Waals surface area contributed by atoms with Crippen LogP contribution in [-0.2, 0) is 0 Å². The summed E-state index contributed by atoms with van der Waals surface area (Å²) in [7, 11) is 1.82. The molecular weight excluding hydrogens is 252 g/mol. The van der Waals surface area contributed by atoms with E-state index < -0.39 is 0 Å². The second-order valence-corrected chi connectivity index (χ2v) is 5.24. The second-order valence-electron chi connectivity index (χ2n) is 4.87. The second kappa shape index (κ2) is 5.76. The first-order valence-electron chi connectivity index (χ1n) is 6.36. The SMILES string of the molecule is CN(C(=O)c1ccc(Cl)o1)C1CCCCC1CN. The Balaban J connectivity index is 2.09. The molecule has 5 heteroatoms. The zero-order valence-corrected chi connectivity index (χ0v) is 11.3. The van der Waals surface area contributed by atoms with Gasteiger partial charge in [-0.3, -0.25) is 4.79 Å². The molecule has 1 amide bonds. The summed E-state index contributed by atoms with van der Waals surface area (Å²) in [5.41, 5.74) is 5.79. The maximum Gasteiger partial charge on any atom is 0.289 e. The molecule has 1 aromatic rings. The number of nitrogens with zero attached hydrogens (tertiary/aromatic N) is 1. The first-order chi connectivity index (χ1) is 8.63. The lowest BCUT2D eigenvalue weighted by Gasteiger charge is -2.37. The molecule has 0 aliphatic heterocycles. The van der Waals surface area contributed by atoms with Crippen molar-refractivity contribution in [2.45, 2.75) is 31.7 Å². The van der Waals surface area contributed by atoms with Gasteiger partial charge in [0.25, 0.3) is 5.91 Å². The highest BCUT2D eigenvalue weighted by molar-refractivity contribution is 6.29. The number of halogens is 1. The van der Waals surface area contributed by atoms with E-state index >= 15 is 0 Å². The smallest absolute Gasteiger partial charge is 0.289 e. The Morgan fingerprint density at radius 2 is 2.22 bits per heavy atom. The van der Waals surface area contributed by atoms with Gasteiger partial charge in [0.15, 0.2) is 11.0 Å². The predicted molar refractivity (Wildman–Crippen MR) is 70.6 cm³/mol. The third-order valence-corrected chi connectivity index (χ3v) is 3.98. The zero-order valence-electron chi connectivity index (χ0n) is 10.6. The van der Waals surface area contributed by atoms with Crippen molar-refractivity contribution in [3.05, 3.63) is 23.1 Å². The van der Waals surface area contributed by atoms with E-state index in [4.69, 9.17) is 21.8 Å². The molecule has 1 fully saturated rings. The topological polar surface area (TPSA) is 59.5 Å². The van der Waals surface area contributed by atoms with Gasteiger partial charge in [0.2, 0.25) is 0 Å². The van der Waals surface area contributed by atoms with Gasteiger partial charge in [-0.1, -0.05) is 12.8 Å². The third-order valence-electron chi connectivity index (χ3n) is 3.77. The monoisotopic (exact) mass is 270 g/mol. The number of hydrogen-bond acceptors (Lipinski definition) is 3. The molecule has 2 unspecified atom stereocenters. The van der Waals surface area contributed by atoms with Gasteiger partial charge in [-0.05, 0) is 49.0 Å². The van der Waals surface area contributed by atoms with E-state index in [1.807, 2.05) is 7.05 Å². The lowest BCUT2D eigenvalue weighted by molar-refractivity contribution is 0.0589. The highest BCUT2D eigenvalue weighted by Gasteiger charge is 2.31. The number of carbonyl (C=O) groups excluding carboxylic acids is 1. The summed E-state index contributed by atoms with van der Waals surface area (Å²) in [5, 5.41) is 0.241. The van der Waals surface area contributed by atoms with Crippen molar-refractivity contribution in [3.8, 4) is 0 Å². The summed E-state index contributed by atoms with van der Waals surface area (Å²) in [6, 6.07) is 3.41. The molecule has 4 nitrogen and oxygen atoms in total. The van der Waals surface area contributed by atoms with Gasteiger partial charge in [-0.25, -0.2) is 0 Å². The predicted octanol–water partition coefficient (Wildman–Crippen LogP) is 2.52. The average Bonchev–Trinajstić information content (AvgIpc) is 2.83. The van der Waals surface area contributed by atoms with Crippen LogP contribution >= 0.6 is 11.6 Å². The molecule has 2 rings (SSSR count). The minimum Gasteiger partial charge on any atom is -0.440 e. The average molecular weight is 271 g/mol. The Morgan fingerprint density at radius 3 is 2.83 bits per heavy atom. The maximum atomic E-state index is 12.3.